The van der Waals surface area contributed by atoms with Gasteiger partial charge in [-0.05, 0) is 76.3 Å². The van der Waals surface area contributed by atoms with Gasteiger partial charge in [0.05, 0.1) is 0 Å². The number of benzene rings is 1. The lowest BCUT2D eigenvalue weighted by Gasteiger charge is -2.32. The minimum Gasteiger partial charge on any atom is -0.483 e. The Morgan fingerprint density at radius 1 is 1.00 bits per heavy atom. The number of aryl methyl sites for hydroxylation is 2. The zero-order valence-electron chi connectivity index (χ0n) is 17.8. The van der Waals surface area contributed by atoms with E-state index in [4.69, 9.17) is 4.74 Å². The molecule has 7 heteroatoms. The van der Waals surface area contributed by atoms with Crippen molar-refractivity contribution in [2.24, 2.45) is 0 Å². The summed E-state index contributed by atoms with van der Waals surface area (Å²) in [6.45, 7) is 7.17. The Labute approximate surface area is 180 Å². The van der Waals surface area contributed by atoms with Crippen LogP contribution < -0.4 is 10.1 Å². The van der Waals surface area contributed by atoms with Gasteiger partial charge in [0.15, 0.2) is 6.61 Å². The number of carbonyl (C=O) groups excluding carboxylic acids is 2. The number of likely N-dealkylation sites (tertiary alicyclic amines) is 2. The number of nitrogens with one attached hydrogen (secondary N) is 1. The van der Waals surface area contributed by atoms with Gasteiger partial charge >= 0.3 is 0 Å². The van der Waals surface area contributed by atoms with Gasteiger partial charge in [0.1, 0.15) is 5.75 Å². The van der Waals surface area contributed by atoms with Crippen LogP contribution in [0.4, 0.5) is 0 Å². The molecule has 0 bridgehead atoms. The Morgan fingerprint density at radius 3 is 2.14 bits per heavy atom. The Kier molecular flexibility index (Phi) is 8.78. The summed E-state index contributed by atoms with van der Waals surface area (Å²) in [7, 11) is 1.98. The van der Waals surface area contributed by atoms with Crippen LogP contribution in [0.3, 0.4) is 0 Å². The molecule has 2 aliphatic rings. The molecule has 1 aromatic carbocycles. The molecule has 2 heterocycles. The molecule has 162 valence electrons. The zero-order chi connectivity index (χ0) is 20.1. The van der Waals surface area contributed by atoms with E-state index in [1.54, 1.807) is 0 Å². The maximum Gasteiger partial charge on any atom is 0.260 e. The van der Waals surface area contributed by atoms with Crippen LogP contribution in [0.2, 0.25) is 0 Å². The molecule has 0 aliphatic carbocycles. The lowest BCUT2D eigenvalue weighted by Crippen LogP contribution is -2.44. The number of ether oxygens (including phenoxy) is 1. The molecule has 0 saturated carbocycles. The standard InChI is InChI=1S/C22H33N3O3.ClH/c1-16-13-18(22(27)25-11-7-19(23-3)8-12-25)14-17(2)21(16)28-15-20(26)24-9-5-4-6-10-24;/h13-14,19,23H,4-12,15H2,1-3H3;1H. The maximum absolute atomic E-state index is 12.9. The van der Waals surface area contributed by atoms with E-state index >= 15 is 0 Å². The second-order valence-electron chi connectivity index (χ2n) is 8.02. The summed E-state index contributed by atoms with van der Waals surface area (Å²) in [6, 6.07) is 4.28. The summed E-state index contributed by atoms with van der Waals surface area (Å²) in [5, 5.41) is 3.29. The molecule has 2 amide bonds. The van der Waals surface area contributed by atoms with Crippen LogP contribution >= 0.6 is 12.4 Å². The SMILES string of the molecule is CNC1CCN(C(=O)c2cc(C)c(OCC(=O)N3CCCCC3)c(C)c2)CC1.Cl. The molecule has 2 fully saturated rings. The van der Waals surface area contributed by atoms with Crippen LogP contribution in [0, 0.1) is 13.8 Å². The average Bonchev–Trinajstić information content (AvgIpc) is 2.73. The number of hydrogen-bond acceptors (Lipinski definition) is 4. The van der Waals surface area contributed by atoms with Crippen LogP contribution in [-0.2, 0) is 4.79 Å². The molecule has 29 heavy (non-hydrogen) atoms. The third-order valence-electron chi connectivity index (χ3n) is 5.95. The number of nitrogens with zero attached hydrogens (tertiary/aromatic N) is 2. The van der Waals surface area contributed by atoms with E-state index in [-0.39, 0.29) is 30.8 Å². The van der Waals surface area contributed by atoms with Crippen molar-refractivity contribution in [1.82, 2.24) is 15.1 Å². The maximum atomic E-state index is 12.9. The van der Waals surface area contributed by atoms with E-state index in [2.05, 4.69) is 5.32 Å². The quantitative estimate of drug-likeness (QED) is 0.790. The number of halogens is 1. The van der Waals surface area contributed by atoms with E-state index in [0.29, 0.717) is 11.6 Å². The predicted molar refractivity (Wildman–Crippen MR) is 117 cm³/mol. The molecule has 0 unspecified atom stereocenters. The monoisotopic (exact) mass is 423 g/mol. The Bertz CT molecular complexity index is 688. The largest absolute Gasteiger partial charge is 0.483 e. The van der Waals surface area contributed by atoms with Crippen LogP contribution in [0.5, 0.6) is 5.75 Å². The first-order valence-corrected chi connectivity index (χ1v) is 10.5. The number of piperidine rings is 2. The van der Waals surface area contributed by atoms with E-state index < -0.39 is 0 Å². The minimum atomic E-state index is 0. The normalized spacial score (nSPS) is 17.6. The molecule has 0 aromatic heterocycles. The van der Waals surface area contributed by atoms with Gasteiger partial charge in [0.2, 0.25) is 0 Å². The summed E-state index contributed by atoms with van der Waals surface area (Å²) in [6.07, 6.45) is 5.32. The Balaban J connectivity index is 0.00000300. The highest BCUT2D eigenvalue weighted by atomic mass is 35.5. The molecule has 1 N–H and O–H groups in total. The lowest BCUT2D eigenvalue weighted by molar-refractivity contribution is -0.134. The fraction of sp³-hybridized carbons (Fsp3) is 0.636. The van der Waals surface area contributed by atoms with Crippen molar-refractivity contribution in [3.05, 3.63) is 28.8 Å². The molecule has 3 rings (SSSR count). The van der Waals surface area contributed by atoms with Crippen molar-refractivity contribution in [1.29, 1.82) is 0 Å². The van der Waals surface area contributed by atoms with Crippen LogP contribution in [0.15, 0.2) is 12.1 Å². The molecule has 0 radical (unpaired) electrons. The predicted octanol–water partition coefficient (Wildman–Crippen LogP) is 2.94. The lowest BCUT2D eigenvalue weighted by atomic mass is 10.0. The van der Waals surface area contributed by atoms with Gasteiger partial charge in [-0.1, -0.05) is 0 Å². The van der Waals surface area contributed by atoms with E-state index in [9.17, 15) is 9.59 Å². The van der Waals surface area contributed by atoms with E-state index in [1.165, 1.54) is 6.42 Å². The molecule has 0 atom stereocenters. The molecule has 6 nitrogen and oxygen atoms in total. The highest BCUT2D eigenvalue weighted by molar-refractivity contribution is 5.95. The van der Waals surface area contributed by atoms with Gasteiger partial charge < -0.3 is 19.9 Å². The molecule has 0 spiro atoms. The Hall–Kier alpha value is -1.79. The molecular formula is C22H34ClN3O3. The molecule has 2 saturated heterocycles. The highest BCUT2D eigenvalue weighted by Gasteiger charge is 2.24. The first-order chi connectivity index (χ1) is 13.5. The summed E-state index contributed by atoms with van der Waals surface area (Å²) in [5.74, 6) is 0.846. The Morgan fingerprint density at radius 2 is 1.59 bits per heavy atom. The fourth-order valence-corrected chi connectivity index (χ4v) is 4.22. The third-order valence-corrected chi connectivity index (χ3v) is 5.95. The zero-order valence-corrected chi connectivity index (χ0v) is 18.6. The summed E-state index contributed by atoms with van der Waals surface area (Å²) in [5.41, 5.74) is 2.51. The number of carbonyl (C=O) groups is 2. The van der Waals surface area contributed by atoms with Crippen molar-refractivity contribution >= 4 is 24.2 Å². The van der Waals surface area contributed by atoms with Crippen LogP contribution in [0.25, 0.3) is 0 Å². The molecule has 1 aromatic rings. The van der Waals surface area contributed by atoms with Crippen LogP contribution in [0.1, 0.15) is 53.6 Å². The van der Waals surface area contributed by atoms with Gasteiger partial charge in [-0.15, -0.1) is 12.4 Å². The minimum absolute atomic E-state index is 0. The first-order valence-electron chi connectivity index (χ1n) is 10.5. The van der Waals surface area contributed by atoms with Crippen molar-refractivity contribution in [2.45, 2.75) is 52.0 Å². The first kappa shape index (κ1) is 23.5. The van der Waals surface area contributed by atoms with Gasteiger partial charge in [0.25, 0.3) is 11.8 Å². The van der Waals surface area contributed by atoms with Gasteiger partial charge in [-0.25, -0.2) is 0 Å². The van der Waals surface area contributed by atoms with Crippen molar-refractivity contribution in [3.8, 4) is 5.75 Å². The smallest absolute Gasteiger partial charge is 0.260 e. The third kappa shape index (κ3) is 5.86. The van der Waals surface area contributed by atoms with Crippen molar-refractivity contribution in [3.63, 3.8) is 0 Å². The average molecular weight is 424 g/mol. The van der Waals surface area contributed by atoms with Gasteiger partial charge in [0, 0.05) is 37.8 Å². The van der Waals surface area contributed by atoms with E-state index in [1.807, 2.05) is 42.8 Å². The number of rotatable bonds is 5. The summed E-state index contributed by atoms with van der Waals surface area (Å²) in [4.78, 5) is 29.1. The van der Waals surface area contributed by atoms with Crippen molar-refractivity contribution < 1.29 is 14.3 Å². The second-order valence-corrected chi connectivity index (χ2v) is 8.02. The van der Waals surface area contributed by atoms with Crippen LogP contribution in [-0.4, -0.2) is 67.5 Å². The number of hydrogen-bond donors (Lipinski definition) is 1. The summed E-state index contributed by atoms with van der Waals surface area (Å²) >= 11 is 0. The molecular weight excluding hydrogens is 390 g/mol. The van der Waals surface area contributed by atoms with E-state index in [0.717, 1.165) is 68.7 Å². The van der Waals surface area contributed by atoms with Crippen molar-refractivity contribution in [2.75, 3.05) is 39.8 Å². The fourth-order valence-electron chi connectivity index (χ4n) is 4.22. The van der Waals surface area contributed by atoms with Gasteiger partial charge in [-0.3, -0.25) is 9.59 Å². The molecule has 2 aliphatic heterocycles. The number of amides is 2. The highest BCUT2D eigenvalue weighted by Crippen LogP contribution is 2.26. The van der Waals surface area contributed by atoms with Gasteiger partial charge in [-0.2, -0.15) is 0 Å². The summed E-state index contributed by atoms with van der Waals surface area (Å²) < 4.78 is 5.87. The topological polar surface area (TPSA) is 61.9 Å². The second kappa shape index (κ2) is 10.8.